The largest absolute Gasteiger partial charge is 0.278 e. The van der Waals surface area contributed by atoms with Crippen LogP contribution >= 0.6 is 23.9 Å². The van der Waals surface area contributed by atoms with E-state index in [1.54, 1.807) is 0 Å². The van der Waals surface area contributed by atoms with Crippen LogP contribution in [0.15, 0.2) is 199 Å². The molecule has 51 heavy (non-hydrogen) atoms. The number of benzene rings is 7. The Balaban J connectivity index is 0.000000168. The van der Waals surface area contributed by atoms with Crippen molar-refractivity contribution in [2.24, 2.45) is 0 Å². The Morgan fingerprint density at radius 3 is 1.29 bits per heavy atom. The molecule has 0 saturated heterocycles. The summed E-state index contributed by atoms with van der Waals surface area (Å²) >= 11 is 3.62. The van der Waals surface area contributed by atoms with Gasteiger partial charge in [0.15, 0.2) is 11.6 Å². The minimum absolute atomic E-state index is 0.446. The van der Waals surface area contributed by atoms with Crippen LogP contribution in [0.3, 0.4) is 0 Å². The molecule has 0 atom stereocenters. The molecular weight excluding hydrogens is 707 g/mol. The monoisotopic (exact) mass is 738 g/mol. The third-order valence-corrected chi connectivity index (χ3v) is 11.5. The fraction of sp³-hybridized carbons (Fsp3) is 0. The van der Waals surface area contributed by atoms with Gasteiger partial charge in [-0.15, -0.1) is 0 Å². The number of para-hydroxylation sites is 1. The van der Waals surface area contributed by atoms with Crippen LogP contribution in [-0.2, 0) is 0 Å². The highest BCUT2D eigenvalue weighted by Crippen LogP contribution is 2.34. The van der Waals surface area contributed by atoms with E-state index >= 15 is 0 Å². The zero-order chi connectivity index (χ0) is 34.4. The summed E-state index contributed by atoms with van der Waals surface area (Å²) in [6.45, 7) is 0. The summed E-state index contributed by atoms with van der Waals surface area (Å²) in [5, 5.41) is 6.50. The van der Waals surface area contributed by atoms with Gasteiger partial charge in [0.1, 0.15) is 0 Å². The summed E-state index contributed by atoms with van der Waals surface area (Å²) in [7, 11) is -0.446. The molecule has 0 radical (unpaired) electrons. The van der Waals surface area contributed by atoms with E-state index in [4.69, 9.17) is 15.0 Å². The van der Waals surface area contributed by atoms with Crippen molar-refractivity contribution in [2.75, 3.05) is 0 Å². The number of hydrogen-bond acceptors (Lipinski definition) is 3. The number of rotatable bonds is 6. The van der Waals surface area contributed by atoms with Gasteiger partial charge in [-0.1, -0.05) is 186 Å². The van der Waals surface area contributed by atoms with Crippen molar-refractivity contribution in [1.29, 1.82) is 0 Å². The van der Waals surface area contributed by atoms with E-state index in [2.05, 4.69) is 148 Å². The maximum Gasteiger partial charge on any atom is 0.238 e. The molecule has 9 rings (SSSR count). The maximum atomic E-state index is 4.92. The Kier molecular flexibility index (Phi) is 9.56. The summed E-state index contributed by atoms with van der Waals surface area (Å²) in [5.74, 6) is 1.90. The number of fused-ring (bicyclic) bond motifs is 3. The molecule has 0 saturated carbocycles. The van der Waals surface area contributed by atoms with E-state index in [1.807, 2.05) is 66.7 Å². The first-order chi connectivity index (χ1) is 25.2. The first-order valence-corrected chi connectivity index (χ1v) is 18.9. The molecule has 244 valence electrons. The molecule has 0 N–H and O–H groups in total. The minimum Gasteiger partial charge on any atom is -0.278 e. The highest BCUT2D eigenvalue weighted by Gasteiger charge is 2.18. The highest BCUT2D eigenvalue weighted by atomic mass is 79.9. The smallest absolute Gasteiger partial charge is 0.238 e. The van der Waals surface area contributed by atoms with Gasteiger partial charge in [-0.2, -0.15) is 9.97 Å². The zero-order valence-electron chi connectivity index (χ0n) is 27.6. The van der Waals surface area contributed by atoms with E-state index in [-0.39, 0.29) is 0 Å². The topological polar surface area (TPSA) is 43.6 Å². The van der Waals surface area contributed by atoms with Gasteiger partial charge in [0.25, 0.3) is 0 Å². The molecule has 0 aliphatic rings. The standard InChI is InChI=1S/C27H17BrN4.C18H15P/c28-20-15-16-24-22(17-20)21-13-7-8-14-23(21)32(24)27-30-25(18-9-3-1-4-10-18)29-26(31-27)19-11-5-2-6-12-19;1-4-10-16(11-5-1)19(17-12-6-2-7-13-17)18-14-8-3-9-15-18/h1-17H;1-15H. The van der Waals surface area contributed by atoms with E-state index in [0.29, 0.717) is 17.6 Å². The van der Waals surface area contributed by atoms with Crippen LogP contribution in [0.1, 0.15) is 0 Å². The second kappa shape index (κ2) is 15.0. The van der Waals surface area contributed by atoms with Crippen molar-refractivity contribution in [1.82, 2.24) is 19.5 Å². The molecule has 7 aromatic carbocycles. The van der Waals surface area contributed by atoms with Crippen molar-refractivity contribution < 1.29 is 0 Å². The van der Waals surface area contributed by atoms with Crippen LogP contribution < -0.4 is 15.9 Å². The van der Waals surface area contributed by atoms with Crippen LogP contribution in [0, 0.1) is 0 Å². The Morgan fingerprint density at radius 1 is 0.392 bits per heavy atom. The molecule has 9 aromatic rings. The molecule has 2 heterocycles. The van der Waals surface area contributed by atoms with E-state index < -0.39 is 7.92 Å². The normalized spacial score (nSPS) is 11.0. The number of halogens is 1. The Morgan fingerprint density at radius 2 is 0.804 bits per heavy atom. The van der Waals surface area contributed by atoms with Crippen LogP contribution in [-0.4, -0.2) is 19.5 Å². The highest BCUT2D eigenvalue weighted by molar-refractivity contribution is 9.10. The van der Waals surface area contributed by atoms with Crippen LogP contribution in [0.2, 0.25) is 0 Å². The first kappa shape index (κ1) is 32.5. The molecule has 0 amide bonds. The molecule has 0 fully saturated rings. The summed E-state index contributed by atoms with van der Waals surface area (Å²) in [5.41, 5.74) is 4.03. The van der Waals surface area contributed by atoms with Crippen molar-refractivity contribution >= 4 is 61.6 Å². The molecule has 4 nitrogen and oxygen atoms in total. The summed E-state index contributed by atoms with van der Waals surface area (Å²) in [6, 6.07) is 67.1. The fourth-order valence-electron chi connectivity index (χ4n) is 6.24. The van der Waals surface area contributed by atoms with Crippen molar-refractivity contribution in [3.05, 3.63) is 199 Å². The van der Waals surface area contributed by atoms with Crippen molar-refractivity contribution in [2.45, 2.75) is 0 Å². The molecule has 0 aliphatic carbocycles. The number of aromatic nitrogens is 4. The van der Waals surface area contributed by atoms with E-state index in [0.717, 1.165) is 37.4 Å². The number of nitrogens with zero attached hydrogens (tertiary/aromatic N) is 4. The van der Waals surface area contributed by atoms with Crippen LogP contribution in [0.5, 0.6) is 0 Å². The predicted molar refractivity (Wildman–Crippen MR) is 218 cm³/mol. The Bertz CT molecular complexity index is 2370. The van der Waals surface area contributed by atoms with Gasteiger partial charge < -0.3 is 0 Å². The van der Waals surface area contributed by atoms with Gasteiger partial charge in [0.05, 0.1) is 11.0 Å². The van der Waals surface area contributed by atoms with Crippen molar-refractivity contribution in [3.8, 4) is 28.7 Å². The van der Waals surface area contributed by atoms with Crippen molar-refractivity contribution in [3.63, 3.8) is 0 Å². The average Bonchev–Trinajstić information content (AvgIpc) is 3.53. The predicted octanol–water partition coefficient (Wildman–Crippen LogP) is 10.5. The Hall–Kier alpha value is -5.74. The lowest BCUT2D eigenvalue weighted by molar-refractivity contribution is 0.953. The lowest BCUT2D eigenvalue weighted by Gasteiger charge is -2.18. The molecular formula is C45H32BrN4P. The van der Waals surface area contributed by atoms with Gasteiger partial charge in [-0.3, -0.25) is 4.57 Å². The summed E-state index contributed by atoms with van der Waals surface area (Å²) in [6.07, 6.45) is 0. The molecule has 2 aromatic heterocycles. The number of hydrogen-bond donors (Lipinski definition) is 0. The second-order valence-electron chi connectivity index (χ2n) is 11.9. The summed E-state index contributed by atoms with van der Waals surface area (Å²) in [4.78, 5) is 14.7. The third kappa shape index (κ3) is 7.00. The third-order valence-electron chi connectivity index (χ3n) is 8.57. The summed E-state index contributed by atoms with van der Waals surface area (Å²) < 4.78 is 3.16. The molecule has 0 bridgehead atoms. The van der Waals surface area contributed by atoms with Gasteiger partial charge in [0.2, 0.25) is 5.95 Å². The van der Waals surface area contributed by atoms with Gasteiger partial charge in [-0.05, 0) is 48.1 Å². The Labute approximate surface area is 307 Å². The lowest BCUT2D eigenvalue weighted by Crippen LogP contribution is -2.20. The van der Waals surface area contributed by atoms with Gasteiger partial charge in [0, 0.05) is 26.4 Å². The molecule has 0 aliphatic heterocycles. The molecule has 0 spiro atoms. The quantitative estimate of drug-likeness (QED) is 0.160. The van der Waals surface area contributed by atoms with E-state index in [9.17, 15) is 0 Å². The van der Waals surface area contributed by atoms with Crippen LogP contribution in [0.4, 0.5) is 0 Å². The molecule has 6 heteroatoms. The first-order valence-electron chi connectivity index (χ1n) is 16.7. The SMILES string of the molecule is Brc1ccc2c(c1)c1ccccc1n2-c1nc(-c2ccccc2)nc(-c2ccccc2)n1.c1ccc(P(c2ccccc2)c2ccccc2)cc1. The van der Waals surface area contributed by atoms with E-state index in [1.165, 1.54) is 15.9 Å². The average molecular weight is 740 g/mol. The minimum atomic E-state index is -0.446. The van der Waals surface area contributed by atoms with Crippen LogP contribution in [0.25, 0.3) is 50.5 Å². The maximum absolute atomic E-state index is 4.92. The van der Waals surface area contributed by atoms with Gasteiger partial charge >= 0.3 is 0 Å². The second-order valence-corrected chi connectivity index (χ2v) is 15.0. The van der Waals surface area contributed by atoms with Gasteiger partial charge in [-0.25, -0.2) is 4.98 Å². The fourth-order valence-corrected chi connectivity index (χ4v) is 8.90. The lowest BCUT2D eigenvalue weighted by atomic mass is 10.2. The molecule has 0 unspecified atom stereocenters. The zero-order valence-corrected chi connectivity index (χ0v) is 30.1.